The molecule has 0 saturated heterocycles. The van der Waals surface area contributed by atoms with Crippen LogP contribution in [0.2, 0.25) is 0 Å². The molecule has 7 heteroatoms. The standard InChI is InChI=1S/C11H10BrF2N3S/c1-5-11(18-17-16-5)10(15-2)8-7(13)4-3-6(12)9(8)14/h3-4,10,15H,1-2H3. The van der Waals surface area contributed by atoms with E-state index in [1.54, 1.807) is 14.0 Å². The SMILES string of the molecule is CNC(c1snnc1C)c1c(F)ccc(Br)c1F. The van der Waals surface area contributed by atoms with Crippen LogP contribution in [0.25, 0.3) is 0 Å². The summed E-state index contributed by atoms with van der Waals surface area (Å²) in [5.74, 6) is -1.20. The molecule has 0 aliphatic heterocycles. The number of halogens is 3. The minimum absolute atomic E-state index is 0.0268. The zero-order valence-electron chi connectivity index (χ0n) is 9.67. The molecule has 1 N–H and O–H groups in total. The van der Waals surface area contributed by atoms with Crippen LogP contribution in [0, 0.1) is 18.6 Å². The molecule has 3 nitrogen and oxygen atoms in total. The van der Waals surface area contributed by atoms with Gasteiger partial charge in [-0.2, -0.15) is 0 Å². The van der Waals surface area contributed by atoms with Crippen molar-refractivity contribution in [2.45, 2.75) is 13.0 Å². The van der Waals surface area contributed by atoms with E-state index in [2.05, 4.69) is 30.8 Å². The topological polar surface area (TPSA) is 37.8 Å². The molecular formula is C11H10BrF2N3S. The summed E-state index contributed by atoms with van der Waals surface area (Å²) in [5.41, 5.74) is 0.638. The second-order valence-corrected chi connectivity index (χ2v) is 5.34. The molecule has 0 fully saturated rings. The van der Waals surface area contributed by atoms with Crippen LogP contribution in [-0.4, -0.2) is 16.6 Å². The largest absolute Gasteiger partial charge is 0.308 e. The van der Waals surface area contributed by atoms with Crippen molar-refractivity contribution in [3.63, 3.8) is 0 Å². The van der Waals surface area contributed by atoms with E-state index >= 15 is 0 Å². The fraction of sp³-hybridized carbons (Fsp3) is 0.273. The van der Waals surface area contributed by atoms with Crippen molar-refractivity contribution in [1.82, 2.24) is 14.9 Å². The van der Waals surface area contributed by atoms with Crippen LogP contribution in [-0.2, 0) is 0 Å². The molecule has 0 radical (unpaired) electrons. The minimum atomic E-state index is -0.609. The summed E-state index contributed by atoms with van der Waals surface area (Å²) >= 11 is 4.19. The van der Waals surface area contributed by atoms with Crippen molar-refractivity contribution >= 4 is 27.5 Å². The summed E-state index contributed by atoms with van der Waals surface area (Å²) in [6.07, 6.45) is 0. The van der Waals surface area contributed by atoms with Crippen molar-refractivity contribution in [3.05, 3.63) is 44.4 Å². The molecule has 0 aliphatic carbocycles. The lowest BCUT2D eigenvalue weighted by Gasteiger charge is -2.17. The smallest absolute Gasteiger partial charge is 0.145 e. The second-order valence-electron chi connectivity index (χ2n) is 3.70. The average molecular weight is 334 g/mol. The summed E-state index contributed by atoms with van der Waals surface area (Å²) in [7, 11) is 1.64. The van der Waals surface area contributed by atoms with Crippen molar-refractivity contribution in [2.24, 2.45) is 0 Å². The zero-order chi connectivity index (χ0) is 13.3. The number of rotatable bonds is 3. The van der Waals surface area contributed by atoms with Crippen molar-refractivity contribution < 1.29 is 8.78 Å². The highest BCUT2D eigenvalue weighted by Crippen LogP contribution is 2.32. The van der Waals surface area contributed by atoms with Gasteiger partial charge in [0.1, 0.15) is 11.6 Å². The predicted molar refractivity (Wildman–Crippen MR) is 69.6 cm³/mol. The molecule has 0 spiro atoms. The van der Waals surface area contributed by atoms with E-state index in [9.17, 15) is 8.78 Å². The Morgan fingerprint density at radius 3 is 2.67 bits per heavy atom. The Kier molecular flexibility index (Phi) is 4.04. The van der Waals surface area contributed by atoms with E-state index in [0.29, 0.717) is 10.6 Å². The van der Waals surface area contributed by atoms with Gasteiger partial charge in [-0.3, -0.25) is 0 Å². The molecule has 2 aromatic rings. The molecule has 1 aromatic carbocycles. The molecule has 0 saturated carbocycles. The van der Waals surface area contributed by atoms with Crippen LogP contribution >= 0.6 is 27.5 Å². The third-order valence-electron chi connectivity index (χ3n) is 2.61. The van der Waals surface area contributed by atoms with Crippen LogP contribution in [0.15, 0.2) is 16.6 Å². The van der Waals surface area contributed by atoms with Crippen molar-refractivity contribution in [2.75, 3.05) is 7.05 Å². The molecule has 2 rings (SSSR count). The summed E-state index contributed by atoms with van der Waals surface area (Å²) in [4.78, 5) is 0.702. The molecule has 1 unspecified atom stereocenters. The van der Waals surface area contributed by atoms with Gasteiger partial charge in [0.15, 0.2) is 0 Å². The van der Waals surface area contributed by atoms with Gasteiger partial charge in [0, 0.05) is 5.56 Å². The van der Waals surface area contributed by atoms with E-state index in [4.69, 9.17) is 0 Å². The first-order valence-corrected chi connectivity index (χ1v) is 6.72. The quantitative estimate of drug-likeness (QED) is 0.876. The summed E-state index contributed by atoms with van der Waals surface area (Å²) in [6.45, 7) is 1.76. The number of hydrogen-bond donors (Lipinski definition) is 1. The monoisotopic (exact) mass is 333 g/mol. The lowest BCUT2D eigenvalue weighted by molar-refractivity contribution is 0.520. The van der Waals surface area contributed by atoms with Gasteiger partial charge < -0.3 is 5.32 Å². The number of aromatic nitrogens is 2. The third kappa shape index (κ3) is 2.30. The molecule has 1 aromatic heterocycles. The Balaban J connectivity index is 2.59. The Hall–Kier alpha value is -0.920. The Morgan fingerprint density at radius 2 is 2.11 bits per heavy atom. The van der Waals surface area contributed by atoms with Crippen molar-refractivity contribution in [1.29, 1.82) is 0 Å². The zero-order valence-corrected chi connectivity index (χ0v) is 12.1. The van der Waals surface area contributed by atoms with E-state index in [0.717, 1.165) is 11.5 Å². The van der Waals surface area contributed by atoms with Gasteiger partial charge in [0.05, 0.1) is 21.1 Å². The van der Waals surface area contributed by atoms with E-state index in [1.807, 2.05) is 0 Å². The van der Waals surface area contributed by atoms with E-state index in [1.165, 1.54) is 12.1 Å². The maximum Gasteiger partial charge on any atom is 0.145 e. The number of hydrogen-bond acceptors (Lipinski definition) is 4. The van der Waals surface area contributed by atoms with E-state index in [-0.39, 0.29) is 10.0 Å². The first-order chi connectivity index (χ1) is 8.56. The number of nitrogens with one attached hydrogen (secondary N) is 1. The van der Waals surface area contributed by atoms with E-state index < -0.39 is 17.7 Å². The molecule has 0 amide bonds. The summed E-state index contributed by atoms with van der Waals surface area (Å²) in [6, 6.07) is 1.98. The normalized spacial score (nSPS) is 12.7. The van der Waals surface area contributed by atoms with Crippen LogP contribution in [0.5, 0.6) is 0 Å². The fourth-order valence-electron chi connectivity index (χ4n) is 1.72. The van der Waals surface area contributed by atoms with Crippen LogP contribution in [0.3, 0.4) is 0 Å². The highest BCUT2D eigenvalue weighted by Gasteiger charge is 2.25. The molecule has 18 heavy (non-hydrogen) atoms. The van der Waals surface area contributed by atoms with Gasteiger partial charge in [-0.25, -0.2) is 8.78 Å². The maximum atomic E-state index is 14.1. The van der Waals surface area contributed by atoms with Gasteiger partial charge in [0.2, 0.25) is 0 Å². The minimum Gasteiger partial charge on any atom is -0.308 e. The molecule has 1 atom stereocenters. The first kappa shape index (κ1) is 13.5. The molecule has 0 aliphatic rings. The Labute approximate surface area is 116 Å². The van der Waals surface area contributed by atoms with Gasteiger partial charge in [0.25, 0.3) is 0 Å². The number of nitrogens with zero attached hydrogens (tertiary/aromatic N) is 2. The van der Waals surface area contributed by atoms with Crippen LogP contribution in [0.1, 0.15) is 22.2 Å². The van der Waals surface area contributed by atoms with Gasteiger partial charge >= 0.3 is 0 Å². The highest BCUT2D eigenvalue weighted by molar-refractivity contribution is 9.10. The Bertz CT molecular complexity index is 573. The fourth-order valence-corrected chi connectivity index (χ4v) is 2.83. The Morgan fingerprint density at radius 1 is 1.39 bits per heavy atom. The number of benzene rings is 1. The van der Waals surface area contributed by atoms with Crippen molar-refractivity contribution in [3.8, 4) is 0 Å². The van der Waals surface area contributed by atoms with Crippen LogP contribution in [0.4, 0.5) is 8.78 Å². The summed E-state index contributed by atoms with van der Waals surface area (Å²) < 4.78 is 31.9. The van der Waals surface area contributed by atoms with Gasteiger partial charge in [-0.1, -0.05) is 4.49 Å². The maximum absolute atomic E-state index is 14.1. The van der Waals surface area contributed by atoms with Gasteiger partial charge in [-0.05, 0) is 53.6 Å². The average Bonchev–Trinajstić information content (AvgIpc) is 2.76. The predicted octanol–water partition coefficient (Wildman–Crippen LogP) is 3.20. The molecule has 0 bridgehead atoms. The lowest BCUT2D eigenvalue weighted by Crippen LogP contribution is -2.20. The van der Waals surface area contributed by atoms with Gasteiger partial charge in [-0.15, -0.1) is 5.10 Å². The molecule has 1 heterocycles. The summed E-state index contributed by atoms with van der Waals surface area (Å²) in [5, 5.41) is 6.76. The number of aryl methyl sites for hydroxylation is 1. The second kappa shape index (κ2) is 5.38. The molecule has 96 valence electrons. The lowest BCUT2D eigenvalue weighted by atomic mass is 10.0. The highest BCUT2D eigenvalue weighted by atomic mass is 79.9. The first-order valence-electron chi connectivity index (χ1n) is 5.15. The molecular weight excluding hydrogens is 324 g/mol. The van der Waals surface area contributed by atoms with Crippen LogP contribution < -0.4 is 5.32 Å². The third-order valence-corrected chi connectivity index (χ3v) is 4.11.